The number of anilines is 1. The van der Waals surface area contributed by atoms with Gasteiger partial charge in [0.1, 0.15) is 0 Å². The molecule has 1 N–H and O–H groups in total. The van der Waals surface area contributed by atoms with E-state index in [-0.39, 0.29) is 16.7 Å². The molecule has 2 aromatic rings. The lowest BCUT2D eigenvalue weighted by molar-refractivity contribution is -0.126. The van der Waals surface area contributed by atoms with Crippen molar-refractivity contribution in [3.63, 3.8) is 0 Å². The number of rotatable bonds is 8. The van der Waals surface area contributed by atoms with Crippen LogP contribution in [-0.2, 0) is 21.2 Å². The van der Waals surface area contributed by atoms with E-state index in [1.807, 2.05) is 20.2 Å². The van der Waals surface area contributed by atoms with Crippen molar-refractivity contribution in [1.29, 1.82) is 5.26 Å². The molecular weight excluding hydrogens is 424 g/mol. The van der Waals surface area contributed by atoms with Crippen molar-refractivity contribution in [2.75, 3.05) is 38.6 Å². The van der Waals surface area contributed by atoms with E-state index >= 15 is 0 Å². The van der Waals surface area contributed by atoms with Crippen LogP contribution in [0.15, 0.2) is 53.4 Å². The van der Waals surface area contributed by atoms with E-state index in [0.717, 1.165) is 18.5 Å². The van der Waals surface area contributed by atoms with Gasteiger partial charge in [-0.3, -0.25) is 4.79 Å². The minimum Gasteiger partial charge on any atom is -0.378 e. The molecule has 0 bridgehead atoms. The zero-order chi connectivity index (χ0) is 23.1. The van der Waals surface area contributed by atoms with Crippen LogP contribution in [0.1, 0.15) is 30.4 Å². The molecule has 0 atom stereocenters. The number of aryl methyl sites for hydroxylation is 1. The minimum absolute atomic E-state index is 0.00313. The first-order valence-electron chi connectivity index (χ1n) is 10.9. The molecule has 0 unspecified atom stereocenters. The van der Waals surface area contributed by atoms with Crippen LogP contribution in [0.2, 0.25) is 0 Å². The van der Waals surface area contributed by atoms with Gasteiger partial charge >= 0.3 is 0 Å². The Morgan fingerprint density at radius 1 is 1.09 bits per heavy atom. The quantitative estimate of drug-likeness (QED) is 0.619. The van der Waals surface area contributed by atoms with Gasteiger partial charge in [0.25, 0.3) is 0 Å². The van der Waals surface area contributed by atoms with Crippen molar-refractivity contribution >= 4 is 21.6 Å². The second-order valence-electron chi connectivity index (χ2n) is 8.27. The summed E-state index contributed by atoms with van der Waals surface area (Å²) in [5.41, 5.74) is 2.82. The molecule has 0 saturated carbocycles. The SMILES string of the molecule is CN(C)c1ccc(CCCNC(=O)C2CCN(S(=O)(=O)c3ccc(C#N)cc3)CC2)cc1. The van der Waals surface area contributed by atoms with Crippen LogP contribution in [0.25, 0.3) is 0 Å². The summed E-state index contributed by atoms with van der Waals surface area (Å²) in [5, 5.41) is 11.9. The molecule has 1 fully saturated rings. The Morgan fingerprint density at radius 2 is 1.72 bits per heavy atom. The maximum atomic E-state index is 12.8. The Bertz CT molecular complexity index is 1050. The van der Waals surface area contributed by atoms with Gasteiger partial charge in [0.15, 0.2) is 0 Å². The molecule has 0 spiro atoms. The first-order chi connectivity index (χ1) is 15.3. The Morgan fingerprint density at radius 3 is 2.28 bits per heavy atom. The van der Waals surface area contributed by atoms with E-state index in [4.69, 9.17) is 5.26 Å². The second-order valence-corrected chi connectivity index (χ2v) is 10.2. The fourth-order valence-corrected chi connectivity index (χ4v) is 5.29. The number of nitrogens with zero attached hydrogens (tertiary/aromatic N) is 3. The summed E-state index contributed by atoms with van der Waals surface area (Å²) in [7, 11) is 0.416. The van der Waals surface area contributed by atoms with Crippen LogP contribution < -0.4 is 10.2 Å². The van der Waals surface area contributed by atoms with Gasteiger partial charge < -0.3 is 10.2 Å². The lowest BCUT2D eigenvalue weighted by Gasteiger charge is -2.30. The van der Waals surface area contributed by atoms with E-state index in [2.05, 4.69) is 34.5 Å². The third kappa shape index (κ3) is 5.87. The van der Waals surface area contributed by atoms with E-state index in [9.17, 15) is 13.2 Å². The van der Waals surface area contributed by atoms with Crippen LogP contribution in [-0.4, -0.2) is 52.4 Å². The number of hydrogen-bond acceptors (Lipinski definition) is 5. The predicted molar refractivity (Wildman–Crippen MR) is 125 cm³/mol. The molecule has 170 valence electrons. The van der Waals surface area contributed by atoms with Crippen molar-refractivity contribution < 1.29 is 13.2 Å². The molecule has 8 heteroatoms. The van der Waals surface area contributed by atoms with Crippen LogP contribution in [0.3, 0.4) is 0 Å². The zero-order valence-corrected chi connectivity index (χ0v) is 19.4. The van der Waals surface area contributed by atoms with Crippen LogP contribution in [0.5, 0.6) is 0 Å². The Hall–Kier alpha value is -2.89. The normalized spacial score (nSPS) is 15.2. The number of nitrogens with one attached hydrogen (secondary N) is 1. The summed E-state index contributed by atoms with van der Waals surface area (Å²) < 4.78 is 27.0. The Balaban J connectivity index is 1.42. The molecule has 1 aliphatic heterocycles. The molecule has 1 aliphatic rings. The maximum absolute atomic E-state index is 12.8. The number of sulfonamides is 1. The summed E-state index contributed by atoms with van der Waals surface area (Å²) in [6.45, 7) is 1.25. The average Bonchev–Trinajstić information content (AvgIpc) is 2.82. The highest BCUT2D eigenvalue weighted by molar-refractivity contribution is 7.89. The smallest absolute Gasteiger partial charge is 0.243 e. The average molecular weight is 455 g/mol. The summed E-state index contributed by atoms with van der Waals surface area (Å²) in [6, 6.07) is 16.3. The van der Waals surface area contributed by atoms with Gasteiger partial charge in [-0.15, -0.1) is 0 Å². The molecule has 32 heavy (non-hydrogen) atoms. The molecule has 1 saturated heterocycles. The molecule has 1 heterocycles. The molecule has 2 aromatic carbocycles. The minimum atomic E-state index is -3.61. The summed E-state index contributed by atoms with van der Waals surface area (Å²) >= 11 is 0. The fraction of sp³-hybridized carbons (Fsp3) is 0.417. The number of amides is 1. The van der Waals surface area contributed by atoms with Crippen LogP contribution >= 0.6 is 0 Å². The first-order valence-corrected chi connectivity index (χ1v) is 12.3. The summed E-state index contributed by atoms with van der Waals surface area (Å²) in [6.07, 6.45) is 2.77. The van der Waals surface area contributed by atoms with Gasteiger partial charge in [-0.2, -0.15) is 9.57 Å². The lowest BCUT2D eigenvalue weighted by Crippen LogP contribution is -2.43. The highest BCUT2D eigenvalue weighted by Gasteiger charge is 2.31. The van der Waals surface area contributed by atoms with Gasteiger partial charge in [0, 0.05) is 45.3 Å². The third-order valence-electron chi connectivity index (χ3n) is 5.84. The molecule has 0 radical (unpaired) electrons. The third-order valence-corrected chi connectivity index (χ3v) is 7.75. The van der Waals surface area contributed by atoms with Crippen molar-refractivity contribution in [2.24, 2.45) is 5.92 Å². The maximum Gasteiger partial charge on any atom is 0.243 e. The van der Waals surface area contributed by atoms with E-state index < -0.39 is 10.0 Å². The number of hydrogen-bond donors (Lipinski definition) is 1. The van der Waals surface area contributed by atoms with Crippen LogP contribution in [0, 0.1) is 17.2 Å². The van der Waals surface area contributed by atoms with Gasteiger partial charge in [-0.1, -0.05) is 12.1 Å². The van der Waals surface area contributed by atoms with Crippen molar-refractivity contribution in [3.8, 4) is 6.07 Å². The van der Waals surface area contributed by atoms with E-state index in [1.165, 1.54) is 34.1 Å². The van der Waals surface area contributed by atoms with Gasteiger partial charge in [-0.25, -0.2) is 8.42 Å². The molecule has 7 nitrogen and oxygen atoms in total. The molecular formula is C24H30N4O3S. The molecule has 1 amide bonds. The van der Waals surface area contributed by atoms with Crippen molar-refractivity contribution in [2.45, 2.75) is 30.6 Å². The topological polar surface area (TPSA) is 93.5 Å². The Labute approximate surface area is 190 Å². The predicted octanol–water partition coefficient (Wildman–Crippen LogP) is 2.77. The number of piperidine rings is 1. The summed E-state index contributed by atoms with van der Waals surface area (Å²) in [5.74, 6) is -0.162. The second kappa shape index (κ2) is 10.6. The zero-order valence-electron chi connectivity index (χ0n) is 18.6. The highest BCUT2D eigenvalue weighted by Crippen LogP contribution is 2.24. The van der Waals surface area contributed by atoms with E-state index in [1.54, 1.807) is 0 Å². The van der Waals surface area contributed by atoms with Crippen molar-refractivity contribution in [3.05, 3.63) is 59.7 Å². The lowest BCUT2D eigenvalue weighted by atomic mass is 9.97. The van der Waals surface area contributed by atoms with Gasteiger partial charge in [0.05, 0.1) is 16.5 Å². The standard InChI is InChI=1S/C24H30N4O3S/c1-27(2)22-9-5-19(6-10-22)4-3-15-26-24(29)21-13-16-28(17-14-21)32(30,31)23-11-7-20(18-25)8-12-23/h5-12,21H,3-4,13-17H2,1-2H3,(H,26,29). The monoisotopic (exact) mass is 454 g/mol. The number of nitriles is 1. The Kier molecular flexibility index (Phi) is 7.89. The van der Waals surface area contributed by atoms with Gasteiger partial charge in [-0.05, 0) is 67.6 Å². The van der Waals surface area contributed by atoms with Crippen LogP contribution in [0.4, 0.5) is 5.69 Å². The van der Waals surface area contributed by atoms with E-state index in [0.29, 0.717) is 38.0 Å². The number of carbonyl (C=O) groups is 1. The summed E-state index contributed by atoms with van der Waals surface area (Å²) in [4.78, 5) is 14.7. The largest absolute Gasteiger partial charge is 0.378 e. The molecule has 3 rings (SSSR count). The van der Waals surface area contributed by atoms with Gasteiger partial charge in [0.2, 0.25) is 15.9 Å². The fourth-order valence-electron chi connectivity index (χ4n) is 3.82. The first kappa shape index (κ1) is 23.8. The highest BCUT2D eigenvalue weighted by atomic mass is 32.2. The molecule has 0 aliphatic carbocycles. The number of carbonyl (C=O) groups excluding carboxylic acids is 1. The van der Waals surface area contributed by atoms with Crippen molar-refractivity contribution in [1.82, 2.24) is 9.62 Å². The number of benzene rings is 2. The molecule has 0 aromatic heterocycles.